The predicted octanol–water partition coefficient (Wildman–Crippen LogP) is 5.94. The number of hydrogen-bond donors (Lipinski definition) is 1. The number of hydrogen-bond acceptors (Lipinski definition) is 4. The Morgan fingerprint density at radius 1 is 0.974 bits per heavy atom. The second-order valence-electron chi connectivity index (χ2n) is 9.50. The molecule has 0 heterocycles. The Morgan fingerprint density at radius 2 is 1.59 bits per heavy atom. The monoisotopic (exact) mass is 633 g/mol. The predicted molar refractivity (Wildman–Crippen MR) is 159 cm³/mol. The highest BCUT2D eigenvalue weighted by Crippen LogP contribution is 2.27. The van der Waals surface area contributed by atoms with Gasteiger partial charge in [-0.25, -0.2) is 8.42 Å². The summed E-state index contributed by atoms with van der Waals surface area (Å²) in [5.74, 6) is -0.844. The molecule has 10 heteroatoms. The Hall–Kier alpha value is -2.88. The van der Waals surface area contributed by atoms with Crippen molar-refractivity contribution in [2.45, 2.75) is 57.6 Å². The van der Waals surface area contributed by atoms with Gasteiger partial charge in [0.2, 0.25) is 11.8 Å². The van der Waals surface area contributed by atoms with E-state index in [1.54, 1.807) is 60.7 Å². The first-order chi connectivity index (χ1) is 18.4. The fraction of sp³-hybridized carbons (Fsp3) is 0.310. The van der Waals surface area contributed by atoms with Crippen molar-refractivity contribution >= 4 is 55.1 Å². The van der Waals surface area contributed by atoms with Gasteiger partial charge in [-0.3, -0.25) is 13.9 Å². The third-order valence-corrected chi connectivity index (χ3v) is 8.80. The summed E-state index contributed by atoms with van der Waals surface area (Å²) in [7, 11) is -4.12. The minimum absolute atomic E-state index is 0.0429. The van der Waals surface area contributed by atoms with Gasteiger partial charge in [-0.2, -0.15) is 0 Å². The summed E-state index contributed by atoms with van der Waals surface area (Å²) in [5.41, 5.74) is 1.89. The van der Waals surface area contributed by atoms with E-state index in [4.69, 9.17) is 11.6 Å². The summed E-state index contributed by atoms with van der Waals surface area (Å²) in [6, 6.07) is 19.3. The number of rotatable bonds is 11. The zero-order valence-electron chi connectivity index (χ0n) is 22.4. The minimum Gasteiger partial charge on any atom is -0.352 e. The van der Waals surface area contributed by atoms with E-state index in [1.807, 2.05) is 27.7 Å². The number of nitrogens with one attached hydrogen (secondary N) is 1. The second kappa shape index (κ2) is 13.5. The van der Waals surface area contributed by atoms with Crippen molar-refractivity contribution in [1.29, 1.82) is 0 Å². The lowest BCUT2D eigenvalue weighted by Gasteiger charge is -2.33. The number of benzene rings is 3. The van der Waals surface area contributed by atoms with Gasteiger partial charge >= 0.3 is 0 Å². The van der Waals surface area contributed by atoms with Crippen LogP contribution in [0.3, 0.4) is 0 Å². The molecule has 39 heavy (non-hydrogen) atoms. The van der Waals surface area contributed by atoms with Gasteiger partial charge in [0.05, 0.1) is 10.6 Å². The minimum atomic E-state index is -4.12. The molecule has 0 bridgehead atoms. The zero-order chi connectivity index (χ0) is 28.7. The summed E-state index contributed by atoms with van der Waals surface area (Å²) in [4.78, 5) is 28.7. The van der Waals surface area contributed by atoms with Gasteiger partial charge in [0.15, 0.2) is 0 Å². The van der Waals surface area contributed by atoms with Gasteiger partial charge in [0, 0.05) is 22.1 Å². The molecule has 3 rings (SSSR count). The summed E-state index contributed by atoms with van der Waals surface area (Å²) >= 11 is 9.80. The summed E-state index contributed by atoms with van der Waals surface area (Å²) < 4.78 is 29.6. The molecule has 3 aromatic carbocycles. The van der Waals surface area contributed by atoms with Crippen LogP contribution in [0.25, 0.3) is 0 Å². The second-order valence-corrected chi connectivity index (χ2v) is 12.7. The first-order valence-electron chi connectivity index (χ1n) is 12.6. The Labute approximate surface area is 244 Å². The molecule has 0 radical (unpaired) electrons. The van der Waals surface area contributed by atoms with Crippen molar-refractivity contribution in [1.82, 2.24) is 10.2 Å². The van der Waals surface area contributed by atoms with Gasteiger partial charge in [-0.1, -0.05) is 70.3 Å². The molecule has 1 atom stereocenters. The largest absolute Gasteiger partial charge is 0.352 e. The highest BCUT2D eigenvalue weighted by atomic mass is 79.9. The van der Waals surface area contributed by atoms with Gasteiger partial charge < -0.3 is 10.2 Å². The van der Waals surface area contributed by atoms with E-state index in [0.29, 0.717) is 22.7 Å². The molecular weight excluding hydrogens is 602 g/mol. The van der Waals surface area contributed by atoms with Crippen molar-refractivity contribution in [2.24, 2.45) is 0 Å². The molecule has 3 aromatic rings. The number of carbonyl (C=O) groups is 2. The van der Waals surface area contributed by atoms with Crippen molar-refractivity contribution in [3.05, 3.63) is 93.4 Å². The maximum absolute atomic E-state index is 14.0. The molecule has 1 N–H and O–H groups in total. The maximum atomic E-state index is 14.0. The van der Waals surface area contributed by atoms with Crippen molar-refractivity contribution in [3.8, 4) is 0 Å². The van der Waals surface area contributed by atoms with Gasteiger partial charge in [-0.15, -0.1) is 0 Å². The third kappa shape index (κ3) is 7.84. The molecule has 0 spiro atoms. The highest BCUT2D eigenvalue weighted by molar-refractivity contribution is 9.10. The average Bonchev–Trinajstić information content (AvgIpc) is 2.88. The van der Waals surface area contributed by atoms with Gasteiger partial charge in [0.1, 0.15) is 12.6 Å². The molecule has 0 aliphatic heterocycles. The fourth-order valence-corrected chi connectivity index (χ4v) is 5.96. The number of nitrogens with zero attached hydrogens (tertiary/aromatic N) is 2. The summed E-state index contributed by atoms with van der Waals surface area (Å²) in [5, 5.41) is 3.33. The SMILES string of the molecule is CC[C@@H](C(=O)NC(C)C)N(Cc1ccccc1Cl)C(=O)CN(c1ccc(Br)cc1)S(=O)(=O)c1ccc(C)cc1. The summed E-state index contributed by atoms with van der Waals surface area (Å²) in [6.45, 7) is 6.90. The molecule has 7 nitrogen and oxygen atoms in total. The van der Waals surface area contributed by atoms with Crippen LogP contribution in [-0.2, 0) is 26.2 Å². The van der Waals surface area contributed by atoms with E-state index in [0.717, 1.165) is 14.3 Å². The topological polar surface area (TPSA) is 86.8 Å². The van der Waals surface area contributed by atoms with E-state index in [1.165, 1.54) is 17.0 Å². The number of sulfonamides is 1. The number of aryl methyl sites for hydroxylation is 1. The molecule has 2 amide bonds. The highest BCUT2D eigenvalue weighted by Gasteiger charge is 2.34. The molecule has 0 aliphatic carbocycles. The van der Waals surface area contributed by atoms with Crippen LogP contribution in [0.4, 0.5) is 5.69 Å². The van der Waals surface area contributed by atoms with Crippen LogP contribution in [-0.4, -0.2) is 43.8 Å². The zero-order valence-corrected chi connectivity index (χ0v) is 25.6. The first-order valence-corrected chi connectivity index (χ1v) is 15.2. The Balaban J connectivity index is 2.07. The molecule has 0 saturated carbocycles. The molecule has 0 fully saturated rings. The van der Waals surface area contributed by atoms with Crippen LogP contribution in [0, 0.1) is 6.92 Å². The fourth-order valence-electron chi connectivity index (χ4n) is 4.08. The van der Waals surface area contributed by atoms with Gasteiger partial charge in [0.25, 0.3) is 10.0 Å². The molecule has 208 valence electrons. The van der Waals surface area contributed by atoms with E-state index in [-0.39, 0.29) is 23.4 Å². The third-order valence-electron chi connectivity index (χ3n) is 6.12. The molecular formula is C29H33BrClN3O4S. The van der Waals surface area contributed by atoms with Crippen LogP contribution in [0.2, 0.25) is 5.02 Å². The lowest BCUT2D eigenvalue weighted by molar-refractivity contribution is -0.140. The Kier molecular flexibility index (Phi) is 10.6. The van der Waals surface area contributed by atoms with E-state index in [9.17, 15) is 18.0 Å². The lowest BCUT2D eigenvalue weighted by Crippen LogP contribution is -2.53. The van der Waals surface area contributed by atoms with E-state index in [2.05, 4.69) is 21.2 Å². The number of carbonyl (C=O) groups excluding carboxylic acids is 2. The van der Waals surface area contributed by atoms with E-state index >= 15 is 0 Å². The lowest BCUT2D eigenvalue weighted by atomic mass is 10.1. The van der Waals surface area contributed by atoms with Gasteiger partial charge in [-0.05, 0) is 75.2 Å². The normalized spacial score (nSPS) is 12.2. The molecule has 0 aromatic heterocycles. The molecule has 0 saturated heterocycles. The maximum Gasteiger partial charge on any atom is 0.264 e. The van der Waals surface area contributed by atoms with Crippen LogP contribution in [0.15, 0.2) is 82.2 Å². The Morgan fingerprint density at radius 3 is 2.15 bits per heavy atom. The molecule has 0 unspecified atom stereocenters. The number of anilines is 1. The molecule has 0 aliphatic rings. The number of amides is 2. The van der Waals surface area contributed by atoms with Crippen LogP contribution in [0.5, 0.6) is 0 Å². The van der Waals surface area contributed by atoms with Crippen LogP contribution in [0.1, 0.15) is 38.3 Å². The Bertz CT molecular complexity index is 1400. The summed E-state index contributed by atoms with van der Waals surface area (Å²) in [6.07, 6.45) is 0.331. The quantitative estimate of drug-likeness (QED) is 0.283. The van der Waals surface area contributed by atoms with Crippen molar-refractivity contribution in [3.63, 3.8) is 0 Å². The van der Waals surface area contributed by atoms with E-state index < -0.39 is 28.5 Å². The average molecular weight is 635 g/mol. The first kappa shape index (κ1) is 30.7. The van der Waals surface area contributed by atoms with Crippen LogP contribution < -0.4 is 9.62 Å². The number of halogens is 2. The van der Waals surface area contributed by atoms with Crippen LogP contribution >= 0.6 is 27.5 Å². The smallest absolute Gasteiger partial charge is 0.264 e. The van der Waals surface area contributed by atoms with Crippen molar-refractivity contribution in [2.75, 3.05) is 10.8 Å². The standard InChI is InChI=1S/C29H33BrClN3O4S/c1-5-27(29(36)32-20(2)3)33(18-22-8-6-7-9-26(22)31)28(35)19-34(24-14-12-23(30)13-15-24)39(37,38)25-16-10-21(4)11-17-25/h6-17,20,27H,5,18-19H2,1-4H3,(H,32,36)/t27-/m0/s1. The van der Waals surface area contributed by atoms with Crippen molar-refractivity contribution < 1.29 is 18.0 Å².